The topological polar surface area (TPSA) is 38.3 Å². The Morgan fingerprint density at radius 1 is 1.19 bits per heavy atom. The number of hydrogen-bond donors (Lipinski definition) is 1. The van der Waals surface area contributed by atoms with E-state index >= 15 is 0 Å². The summed E-state index contributed by atoms with van der Waals surface area (Å²) >= 11 is 11.9. The zero-order valence-electron chi connectivity index (χ0n) is 11.5. The summed E-state index contributed by atoms with van der Waals surface area (Å²) in [6, 6.07) is 12.6. The van der Waals surface area contributed by atoms with Crippen molar-refractivity contribution in [2.24, 2.45) is 0 Å². The summed E-state index contributed by atoms with van der Waals surface area (Å²) in [4.78, 5) is 11.9. The van der Waals surface area contributed by atoms with Crippen molar-refractivity contribution in [1.29, 1.82) is 0 Å². The molecule has 110 valence electrons. The van der Waals surface area contributed by atoms with Crippen molar-refractivity contribution in [2.75, 3.05) is 7.11 Å². The fraction of sp³-hybridized carbons (Fsp3) is 0.188. The van der Waals surface area contributed by atoms with Crippen LogP contribution in [0.25, 0.3) is 0 Å². The van der Waals surface area contributed by atoms with Gasteiger partial charge in [-0.15, -0.1) is 0 Å². The highest BCUT2D eigenvalue weighted by Crippen LogP contribution is 2.20. The first-order valence-corrected chi connectivity index (χ1v) is 7.17. The zero-order chi connectivity index (χ0) is 15.2. The Balaban J connectivity index is 1.92. The molecule has 0 radical (unpaired) electrons. The van der Waals surface area contributed by atoms with Gasteiger partial charge in [0.1, 0.15) is 5.75 Å². The Morgan fingerprint density at radius 3 is 2.71 bits per heavy atom. The highest BCUT2D eigenvalue weighted by molar-refractivity contribution is 6.35. The molecule has 0 fully saturated rings. The fourth-order valence-electron chi connectivity index (χ4n) is 1.89. The Labute approximate surface area is 133 Å². The van der Waals surface area contributed by atoms with Crippen molar-refractivity contribution in [2.45, 2.75) is 13.0 Å². The molecule has 0 heterocycles. The monoisotopic (exact) mass is 323 g/mol. The van der Waals surface area contributed by atoms with E-state index < -0.39 is 0 Å². The highest BCUT2D eigenvalue weighted by Gasteiger charge is 2.06. The van der Waals surface area contributed by atoms with Gasteiger partial charge in [0, 0.05) is 16.6 Å². The summed E-state index contributed by atoms with van der Waals surface area (Å²) in [5.41, 5.74) is 1.73. The molecule has 1 amide bonds. The van der Waals surface area contributed by atoms with Gasteiger partial charge in [0.2, 0.25) is 5.91 Å². The van der Waals surface area contributed by atoms with E-state index in [1.54, 1.807) is 25.3 Å². The second-order valence-corrected chi connectivity index (χ2v) is 5.38. The molecule has 0 aliphatic rings. The molecule has 0 saturated heterocycles. The van der Waals surface area contributed by atoms with E-state index in [1.807, 2.05) is 24.3 Å². The van der Waals surface area contributed by atoms with Crippen molar-refractivity contribution >= 4 is 29.1 Å². The van der Waals surface area contributed by atoms with Crippen LogP contribution in [0.3, 0.4) is 0 Å². The van der Waals surface area contributed by atoms with Gasteiger partial charge in [0.05, 0.1) is 13.5 Å². The van der Waals surface area contributed by atoms with E-state index in [1.165, 1.54) is 0 Å². The van der Waals surface area contributed by atoms with Crippen LogP contribution in [0.15, 0.2) is 42.5 Å². The molecule has 2 aromatic rings. The minimum Gasteiger partial charge on any atom is -0.497 e. The number of halogens is 2. The summed E-state index contributed by atoms with van der Waals surface area (Å²) < 4.78 is 5.13. The number of nitrogens with one attached hydrogen (secondary N) is 1. The molecular formula is C16H15Cl2NO2. The molecule has 2 aromatic carbocycles. The third-order valence-electron chi connectivity index (χ3n) is 2.99. The van der Waals surface area contributed by atoms with Crippen molar-refractivity contribution in [3.8, 4) is 5.75 Å². The lowest BCUT2D eigenvalue weighted by Crippen LogP contribution is -2.24. The smallest absolute Gasteiger partial charge is 0.224 e. The zero-order valence-corrected chi connectivity index (χ0v) is 13.0. The molecule has 21 heavy (non-hydrogen) atoms. The number of benzene rings is 2. The Bertz CT molecular complexity index is 644. The summed E-state index contributed by atoms with van der Waals surface area (Å²) in [6.45, 7) is 0.374. The molecule has 0 spiro atoms. The summed E-state index contributed by atoms with van der Waals surface area (Å²) in [5, 5.41) is 3.96. The van der Waals surface area contributed by atoms with Gasteiger partial charge in [-0.05, 0) is 35.4 Å². The first-order valence-electron chi connectivity index (χ1n) is 6.42. The molecule has 0 aliphatic carbocycles. The van der Waals surface area contributed by atoms with E-state index in [0.717, 1.165) is 16.9 Å². The van der Waals surface area contributed by atoms with Crippen LogP contribution in [0.1, 0.15) is 11.1 Å². The van der Waals surface area contributed by atoms with Gasteiger partial charge in [0.15, 0.2) is 0 Å². The van der Waals surface area contributed by atoms with E-state index in [-0.39, 0.29) is 5.91 Å². The number of carbonyl (C=O) groups is 1. The average Bonchev–Trinajstić information content (AvgIpc) is 2.46. The van der Waals surface area contributed by atoms with Gasteiger partial charge < -0.3 is 10.1 Å². The molecular weight excluding hydrogens is 309 g/mol. The van der Waals surface area contributed by atoms with Crippen LogP contribution < -0.4 is 10.1 Å². The SMILES string of the molecule is COc1cccc(CC(=O)NCc2ccc(Cl)cc2Cl)c1. The van der Waals surface area contributed by atoms with Crippen molar-refractivity contribution < 1.29 is 9.53 Å². The third kappa shape index (κ3) is 4.66. The van der Waals surface area contributed by atoms with Crippen LogP contribution in [-0.4, -0.2) is 13.0 Å². The molecule has 0 atom stereocenters. The maximum absolute atomic E-state index is 11.9. The molecule has 3 nitrogen and oxygen atoms in total. The second-order valence-electron chi connectivity index (χ2n) is 4.54. The van der Waals surface area contributed by atoms with Crippen LogP contribution in [0.4, 0.5) is 0 Å². The first-order chi connectivity index (χ1) is 10.1. The van der Waals surface area contributed by atoms with Crippen molar-refractivity contribution in [1.82, 2.24) is 5.32 Å². The van der Waals surface area contributed by atoms with E-state index in [2.05, 4.69) is 5.32 Å². The maximum atomic E-state index is 11.9. The van der Waals surface area contributed by atoms with Crippen LogP contribution >= 0.6 is 23.2 Å². The minimum absolute atomic E-state index is 0.0748. The number of carbonyl (C=O) groups excluding carboxylic acids is 1. The molecule has 0 saturated carbocycles. The van der Waals surface area contributed by atoms with Crippen molar-refractivity contribution in [3.05, 3.63) is 63.6 Å². The van der Waals surface area contributed by atoms with Crippen LogP contribution in [0.2, 0.25) is 10.0 Å². The summed E-state index contributed by atoms with van der Waals surface area (Å²) in [5.74, 6) is 0.662. The number of methoxy groups -OCH3 is 1. The number of ether oxygens (including phenoxy) is 1. The minimum atomic E-state index is -0.0748. The molecule has 5 heteroatoms. The third-order valence-corrected chi connectivity index (χ3v) is 3.58. The van der Waals surface area contributed by atoms with Crippen molar-refractivity contribution in [3.63, 3.8) is 0 Å². The predicted octanol–water partition coefficient (Wildman–Crippen LogP) is 3.86. The predicted molar refractivity (Wildman–Crippen MR) is 85.0 cm³/mol. The summed E-state index contributed by atoms with van der Waals surface area (Å²) in [7, 11) is 1.60. The van der Waals surface area contributed by atoms with Gasteiger partial charge in [-0.1, -0.05) is 41.4 Å². The van der Waals surface area contributed by atoms with Gasteiger partial charge in [0.25, 0.3) is 0 Å². The Morgan fingerprint density at radius 2 is 2.00 bits per heavy atom. The molecule has 2 rings (SSSR count). The molecule has 0 unspecified atom stereocenters. The second kappa shape index (κ2) is 7.34. The lowest BCUT2D eigenvalue weighted by molar-refractivity contribution is -0.120. The first kappa shape index (κ1) is 15.7. The normalized spacial score (nSPS) is 10.2. The molecule has 0 aliphatic heterocycles. The van der Waals surface area contributed by atoms with Gasteiger partial charge in [-0.25, -0.2) is 0 Å². The standard InChI is InChI=1S/C16H15Cl2NO2/c1-21-14-4-2-3-11(7-14)8-16(20)19-10-12-5-6-13(17)9-15(12)18/h2-7,9H,8,10H2,1H3,(H,19,20). The molecule has 0 aromatic heterocycles. The van der Waals surface area contributed by atoms with Crippen LogP contribution in [-0.2, 0) is 17.8 Å². The average molecular weight is 324 g/mol. The van der Waals surface area contributed by atoms with Crippen LogP contribution in [0.5, 0.6) is 5.75 Å². The fourth-order valence-corrected chi connectivity index (χ4v) is 2.36. The van der Waals surface area contributed by atoms with Gasteiger partial charge in [-0.2, -0.15) is 0 Å². The molecule has 0 bridgehead atoms. The Hall–Kier alpha value is -1.71. The maximum Gasteiger partial charge on any atom is 0.224 e. The lowest BCUT2D eigenvalue weighted by Gasteiger charge is -2.08. The Kier molecular flexibility index (Phi) is 5.48. The van der Waals surface area contributed by atoms with E-state index in [0.29, 0.717) is 23.0 Å². The largest absolute Gasteiger partial charge is 0.497 e. The number of rotatable bonds is 5. The van der Waals surface area contributed by atoms with Gasteiger partial charge in [-0.3, -0.25) is 4.79 Å². The lowest BCUT2D eigenvalue weighted by atomic mass is 10.1. The van der Waals surface area contributed by atoms with E-state index in [4.69, 9.17) is 27.9 Å². The van der Waals surface area contributed by atoms with Crippen LogP contribution in [0, 0.1) is 0 Å². The summed E-state index contributed by atoms with van der Waals surface area (Å²) in [6.07, 6.45) is 0.294. The quantitative estimate of drug-likeness (QED) is 0.907. The number of hydrogen-bond acceptors (Lipinski definition) is 2. The molecule has 1 N–H and O–H groups in total. The van der Waals surface area contributed by atoms with Gasteiger partial charge >= 0.3 is 0 Å². The highest BCUT2D eigenvalue weighted by atomic mass is 35.5. The van der Waals surface area contributed by atoms with E-state index in [9.17, 15) is 4.79 Å². The number of amides is 1.